The maximum Gasteiger partial charge on any atom is 0.516 e. The van der Waals surface area contributed by atoms with Gasteiger partial charge in [0.1, 0.15) is 0 Å². The number of ketones is 1. The lowest BCUT2D eigenvalue weighted by atomic mass is 9.81. The predicted molar refractivity (Wildman–Crippen MR) is 74.4 cm³/mol. The summed E-state index contributed by atoms with van der Waals surface area (Å²) >= 11 is 0. The van der Waals surface area contributed by atoms with Crippen molar-refractivity contribution in [2.24, 2.45) is 0 Å². The molecule has 1 aromatic heterocycles. The molecule has 2 rings (SSSR count). The van der Waals surface area contributed by atoms with Gasteiger partial charge in [-0.25, -0.2) is 0 Å². The highest BCUT2D eigenvalue weighted by Gasteiger charge is 2.53. The van der Waals surface area contributed by atoms with E-state index in [0.29, 0.717) is 16.8 Å². The van der Waals surface area contributed by atoms with Crippen molar-refractivity contribution >= 4 is 24.2 Å². The third-order valence-electron chi connectivity index (χ3n) is 3.88. The van der Waals surface area contributed by atoms with Crippen LogP contribution in [0.5, 0.6) is 0 Å². The Labute approximate surface area is 113 Å². The summed E-state index contributed by atoms with van der Waals surface area (Å²) in [5.41, 5.74) is 6.31. The molecule has 2 N–H and O–H groups in total. The average molecular weight is 262 g/mol. The summed E-state index contributed by atoms with van der Waals surface area (Å²) in [7, 11) is -0.649. The number of anilines is 1. The van der Waals surface area contributed by atoms with Crippen molar-refractivity contribution in [3.8, 4) is 0 Å². The quantitative estimate of drug-likeness (QED) is 0.639. The van der Waals surface area contributed by atoms with Crippen LogP contribution in [-0.4, -0.2) is 29.1 Å². The van der Waals surface area contributed by atoms with Crippen molar-refractivity contribution in [3.05, 3.63) is 17.8 Å². The summed E-state index contributed by atoms with van der Waals surface area (Å²) in [6.07, 6.45) is 1.55. The van der Waals surface area contributed by atoms with Crippen LogP contribution < -0.4 is 11.3 Å². The lowest BCUT2D eigenvalue weighted by Gasteiger charge is -2.32. The van der Waals surface area contributed by atoms with Crippen LogP contribution in [0.25, 0.3) is 0 Å². The van der Waals surface area contributed by atoms with E-state index in [1.165, 1.54) is 6.92 Å². The minimum Gasteiger partial charge on any atom is -0.398 e. The zero-order valence-electron chi connectivity index (χ0n) is 12.0. The molecule has 19 heavy (non-hydrogen) atoms. The van der Waals surface area contributed by atoms with Gasteiger partial charge in [-0.3, -0.25) is 9.78 Å². The second-order valence-corrected chi connectivity index (χ2v) is 5.80. The van der Waals surface area contributed by atoms with E-state index in [1.54, 1.807) is 12.3 Å². The van der Waals surface area contributed by atoms with Crippen molar-refractivity contribution in [1.29, 1.82) is 0 Å². The Hall–Kier alpha value is -1.40. The van der Waals surface area contributed by atoms with E-state index in [0.717, 1.165) is 0 Å². The lowest BCUT2D eigenvalue weighted by molar-refractivity contribution is 0.00578. The number of rotatable bonds is 2. The fraction of sp³-hybridized carbons (Fsp3) is 0.538. The second kappa shape index (κ2) is 4.32. The highest BCUT2D eigenvalue weighted by Crippen LogP contribution is 2.36. The number of nitrogen functional groups attached to an aromatic ring is 1. The maximum absolute atomic E-state index is 11.5. The summed E-state index contributed by atoms with van der Waals surface area (Å²) in [5, 5.41) is 0. The van der Waals surface area contributed by atoms with Gasteiger partial charge in [-0.05, 0) is 40.7 Å². The largest absolute Gasteiger partial charge is 0.516 e. The van der Waals surface area contributed by atoms with E-state index in [-0.39, 0.29) is 5.78 Å². The van der Waals surface area contributed by atoms with E-state index in [1.807, 2.05) is 27.7 Å². The van der Waals surface area contributed by atoms with Gasteiger partial charge in [-0.2, -0.15) is 0 Å². The highest BCUT2D eigenvalue weighted by atomic mass is 16.7. The van der Waals surface area contributed by atoms with Crippen LogP contribution in [0.3, 0.4) is 0 Å². The van der Waals surface area contributed by atoms with Gasteiger partial charge in [0.25, 0.3) is 0 Å². The van der Waals surface area contributed by atoms with Crippen LogP contribution in [0.1, 0.15) is 45.0 Å². The minimum atomic E-state index is -0.649. The van der Waals surface area contributed by atoms with Crippen molar-refractivity contribution in [2.45, 2.75) is 45.8 Å². The fourth-order valence-electron chi connectivity index (χ4n) is 1.94. The molecule has 1 aromatic rings. The van der Waals surface area contributed by atoms with Gasteiger partial charge >= 0.3 is 7.12 Å². The summed E-state index contributed by atoms with van der Waals surface area (Å²) in [6.45, 7) is 9.30. The van der Waals surface area contributed by atoms with Gasteiger partial charge < -0.3 is 15.0 Å². The van der Waals surface area contributed by atoms with Gasteiger partial charge in [0.2, 0.25) is 0 Å². The Morgan fingerprint density at radius 1 is 1.26 bits per heavy atom. The predicted octanol–water partition coefficient (Wildman–Crippen LogP) is 1.17. The maximum atomic E-state index is 11.5. The third-order valence-corrected chi connectivity index (χ3v) is 3.88. The molecule has 0 spiro atoms. The normalized spacial score (nSPS) is 20.6. The van der Waals surface area contributed by atoms with Crippen LogP contribution in [0.2, 0.25) is 0 Å². The number of carbonyl (C=O) groups is 1. The molecule has 1 aliphatic heterocycles. The molecular formula is C13H19BN2O3. The highest BCUT2D eigenvalue weighted by molar-refractivity contribution is 6.63. The van der Waals surface area contributed by atoms with Crippen LogP contribution >= 0.6 is 0 Å². The van der Waals surface area contributed by atoms with E-state index in [9.17, 15) is 4.79 Å². The van der Waals surface area contributed by atoms with Crippen LogP contribution in [0.15, 0.2) is 12.3 Å². The molecule has 1 aliphatic rings. The molecule has 102 valence electrons. The minimum absolute atomic E-state index is 0.0994. The summed E-state index contributed by atoms with van der Waals surface area (Å²) in [5.74, 6) is -0.0994. The molecule has 1 fully saturated rings. The number of carbonyl (C=O) groups excluding carboxylic acids is 1. The van der Waals surface area contributed by atoms with E-state index >= 15 is 0 Å². The average Bonchev–Trinajstić information content (AvgIpc) is 2.47. The van der Waals surface area contributed by atoms with E-state index in [2.05, 4.69) is 4.98 Å². The number of nitrogens with two attached hydrogens (primary N) is 1. The van der Waals surface area contributed by atoms with Crippen LogP contribution in [0.4, 0.5) is 5.69 Å². The fourth-order valence-corrected chi connectivity index (χ4v) is 1.94. The molecule has 6 heteroatoms. The molecule has 0 saturated carbocycles. The summed E-state index contributed by atoms with van der Waals surface area (Å²) < 4.78 is 11.8. The molecule has 1 saturated heterocycles. The monoisotopic (exact) mass is 262 g/mol. The van der Waals surface area contributed by atoms with Crippen molar-refractivity contribution in [3.63, 3.8) is 0 Å². The smallest absolute Gasteiger partial charge is 0.398 e. The molecule has 0 radical (unpaired) electrons. The Kier molecular flexibility index (Phi) is 3.19. The van der Waals surface area contributed by atoms with Gasteiger partial charge in [0.05, 0.1) is 22.5 Å². The summed E-state index contributed by atoms with van der Waals surface area (Å²) in [4.78, 5) is 15.7. The molecule has 2 heterocycles. The molecule has 0 atom stereocenters. The zero-order chi connectivity index (χ0) is 14.4. The van der Waals surface area contributed by atoms with Crippen molar-refractivity contribution < 1.29 is 14.1 Å². The first-order chi connectivity index (χ1) is 8.66. The first-order valence-corrected chi connectivity index (χ1v) is 6.26. The Morgan fingerprint density at radius 3 is 2.26 bits per heavy atom. The lowest BCUT2D eigenvalue weighted by Crippen LogP contribution is -2.41. The Balaban J connectivity index is 2.40. The van der Waals surface area contributed by atoms with Crippen molar-refractivity contribution in [1.82, 2.24) is 4.98 Å². The van der Waals surface area contributed by atoms with Crippen LogP contribution in [0, 0.1) is 0 Å². The van der Waals surface area contributed by atoms with Gasteiger partial charge in [-0.1, -0.05) is 0 Å². The molecule has 0 unspecified atom stereocenters. The zero-order valence-corrected chi connectivity index (χ0v) is 12.0. The number of pyridine rings is 1. The number of hydrogen-bond donors (Lipinski definition) is 1. The van der Waals surface area contributed by atoms with E-state index < -0.39 is 18.3 Å². The third kappa shape index (κ3) is 2.26. The van der Waals surface area contributed by atoms with Gasteiger partial charge in [-0.15, -0.1) is 0 Å². The van der Waals surface area contributed by atoms with Gasteiger partial charge in [0, 0.05) is 11.8 Å². The van der Waals surface area contributed by atoms with Gasteiger partial charge in [0.15, 0.2) is 5.78 Å². The van der Waals surface area contributed by atoms with Crippen molar-refractivity contribution in [2.75, 3.05) is 5.73 Å². The molecule has 5 nitrogen and oxygen atoms in total. The standard InChI is InChI=1S/C13H19BN2O3/c1-8(17)9-6-7-16-11(10(9)15)14-18-12(2,3)13(4,5)19-14/h6-7H,15H2,1-5H3. The summed E-state index contributed by atoms with van der Waals surface area (Å²) in [6, 6.07) is 1.60. The molecule has 0 amide bonds. The first kappa shape index (κ1) is 14.0. The molecular weight excluding hydrogens is 243 g/mol. The Morgan fingerprint density at radius 2 is 1.79 bits per heavy atom. The number of aromatic nitrogens is 1. The number of Topliss-reactive ketones (excluding diaryl/α,β-unsaturated/α-hetero) is 1. The molecule has 0 bridgehead atoms. The van der Waals surface area contributed by atoms with E-state index in [4.69, 9.17) is 15.0 Å². The molecule has 0 aliphatic carbocycles. The topological polar surface area (TPSA) is 74.4 Å². The molecule has 0 aromatic carbocycles. The number of hydrogen-bond acceptors (Lipinski definition) is 5. The number of nitrogens with zero attached hydrogens (tertiary/aromatic N) is 1. The Bertz CT molecular complexity index is 513. The SMILES string of the molecule is CC(=O)c1ccnc(B2OC(C)(C)C(C)(C)O2)c1N. The first-order valence-electron chi connectivity index (χ1n) is 6.26. The second-order valence-electron chi connectivity index (χ2n) is 5.80. The van der Waals surface area contributed by atoms with Crippen LogP contribution in [-0.2, 0) is 9.31 Å².